The molecule has 0 fully saturated rings. The van der Waals surface area contributed by atoms with Crippen LogP contribution in [0.2, 0.25) is 0 Å². The second kappa shape index (κ2) is 9.78. The molecule has 0 aliphatic carbocycles. The molecule has 1 aromatic rings. The summed E-state index contributed by atoms with van der Waals surface area (Å²) in [6.45, 7) is 1.85. The van der Waals surface area contributed by atoms with E-state index < -0.39 is 10.0 Å². The molecule has 0 radical (unpaired) electrons. The van der Waals surface area contributed by atoms with Crippen molar-refractivity contribution in [3.05, 3.63) is 11.6 Å². The Bertz CT molecular complexity index is 515. The van der Waals surface area contributed by atoms with E-state index in [1.54, 1.807) is 13.2 Å². The first kappa shape index (κ1) is 18.9. The summed E-state index contributed by atoms with van der Waals surface area (Å²) in [5, 5.41) is 5.15. The van der Waals surface area contributed by atoms with E-state index in [4.69, 9.17) is 19.3 Å². The maximum absolute atomic E-state index is 11.3. The maximum atomic E-state index is 11.3. The van der Waals surface area contributed by atoms with Crippen LogP contribution < -0.4 is 5.14 Å². The van der Waals surface area contributed by atoms with Crippen LogP contribution in [0.1, 0.15) is 12.0 Å². The van der Waals surface area contributed by atoms with E-state index in [0.717, 1.165) is 22.6 Å². The number of rotatable bonds is 11. The average Bonchev–Trinajstić information content (AvgIpc) is 2.85. The number of primary sulfonamides is 1. The normalized spacial score (nSPS) is 12.0. The number of ether oxygens (including phenoxy) is 3. The first-order valence-corrected chi connectivity index (χ1v) is 9.91. The Morgan fingerprint density at radius 2 is 2.00 bits per heavy atom. The van der Waals surface area contributed by atoms with Gasteiger partial charge in [0.2, 0.25) is 10.0 Å². The second-order valence-corrected chi connectivity index (χ2v) is 8.07. The van der Waals surface area contributed by atoms with E-state index in [0.29, 0.717) is 19.8 Å². The van der Waals surface area contributed by atoms with Gasteiger partial charge in [-0.25, -0.2) is 13.6 Å². The maximum Gasteiger partial charge on any atom is 0.247 e. The molecule has 1 rings (SSSR count). The highest BCUT2D eigenvalue weighted by molar-refractivity contribution is 8.01. The number of thiophene rings is 1. The molecule has 0 saturated carbocycles. The number of hydrogen-bond acceptors (Lipinski definition) is 7. The van der Waals surface area contributed by atoms with E-state index in [1.165, 1.54) is 23.1 Å². The van der Waals surface area contributed by atoms with E-state index in [2.05, 4.69) is 0 Å². The van der Waals surface area contributed by atoms with Gasteiger partial charge in [-0.05, 0) is 30.7 Å². The summed E-state index contributed by atoms with van der Waals surface area (Å²) in [5.41, 5.74) is 1.00. The summed E-state index contributed by atoms with van der Waals surface area (Å²) < 4.78 is 39.2. The molecular formula is C12H21NO5S3. The zero-order chi connectivity index (χ0) is 15.7. The quantitative estimate of drug-likeness (QED) is 0.369. The molecule has 2 N–H and O–H groups in total. The highest BCUT2D eigenvalue weighted by atomic mass is 32.3. The topological polar surface area (TPSA) is 87.8 Å². The first-order valence-electron chi connectivity index (χ1n) is 6.33. The lowest BCUT2D eigenvalue weighted by Crippen LogP contribution is -2.10. The molecule has 1 heterocycles. The Labute approximate surface area is 134 Å². The molecular weight excluding hydrogens is 334 g/mol. The molecule has 9 heteroatoms. The fraction of sp³-hybridized carbons (Fsp3) is 0.667. The average molecular weight is 356 g/mol. The molecule has 122 valence electrons. The largest absolute Gasteiger partial charge is 0.382 e. The Kier molecular flexibility index (Phi) is 8.79. The molecule has 0 spiro atoms. The van der Waals surface area contributed by atoms with Gasteiger partial charge in [-0.3, -0.25) is 0 Å². The van der Waals surface area contributed by atoms with Crippen LogP contribution in [-0.4, -0.2) is 48.4 Å². The molecule has 0 unspecified atom stereocenters. The van der Waals surface area contributed by atoms with Crippen LogP contribution in [0.3, 0.4) is 0 Å². The Morgan fingerprint density at radius 3 is 2.62 bits per heavy atom. The van der Waals surface area contributed by atoms with Crippen molar-refractivity contribution < 1.29 is 22.6 Å². The summed E-state index contributed by atoms with van der Waals surface area (Å²) in [6.07, 6.45) is 3.46. The number of thioether (sulfide) groups is 1. The SMILES string of the molecule is COCCOCOCCCc1cc(S(N)(=O)=O)sc1SC. The predicted octanol–water partition coefficient (Wildman–Crippen LogP) is 1.69. The highest BCUT2D eigenvalue weighted by Gasteiger charge is 2.15. The van der Waals surface area contributed by atoms with Crippen LogP contribution >= 0.6 is 23.1 Å². The molecule has 0 aliphatic heterocycles. The molecule has 0 atom stereocenters. The molecule has 21 heavy (non-hydrogen) atoms. The zero-order valence-corrected chi connectivity index (χ0v) is 14.6. The minimum atomic E-state index is -3.62. The van der Waals surface area contributed by atoms with Crippen molar-refractivity contribution in [1.29, 1.82) is 0 Å². The van der Waals surface area contributed by atoms with Crippen LogP contribution in [0.15, 0.2) is 14.5 Å². The third kappa shape index (κ3) is 7.09. The fourth-order valence-electron chi connectivity index (χ4n) is 1.56. The second-order valence-electron chi connectivity index (χ2n) is 4.16. The van der Waals surface area contributed by atoms with E-state index in [9.17, 15) is 8.42 Å². The first-order chi connectivity index (χ1) is 9.99. The summed E-state index contributed by atoms with van der Waals surface area (Å²) in [4.78, 5) is 0. The number of methoxy groups -OCH3 is 1. The summed E-state index contributed by atoms with van der Waals surface area (Å²) in [5.74, 6) is 0. The van der Waals surface area contributed by atoms with Gasteiger partial charge in [0.15, 0.2) is 0 Å². The van der Waals surface area contributed by atoms with Gasteiger partial charge >= 0.3 is 0 Å². The van der Waals surface area contributed by atoms with Gasteiger partial charge in [-0.1, -0.05) is 0 Å². The summed E-state index contributed by atoms with van der Waals surface area (Å²) >= 11 is 2.74. The lowest BCUT2D eigenvalue weighted by molar-refractivity contribution is -0.0660. The van der Waals surface area contributed by atoms with Crippen molar-refractivity contribution in [3.8, 4) is 0 Å². The van der Waals surface area contributed by atoms with Gasteiger partial charge in [0.25, 0.3) is 0 Å². The number of hydrogen-bond donors (Lipinski definition) is 1. The molecule has 0 bridgehead atoms. The van der Waals surface area contributed by atoms with Gasteiger partial charge < -0.3 is 14.2 Å². The molecule has 0 aliphatic rings. The third-order valence-electron chi connectivity index (χ3n) is 2.55. The van der Waals surface area contributed by atoms with Gasteiger partial charge in [0.1, 0.15) is 11.0 Å². The van der Waals surface area contributed by atoms with Crippen molar-refractivity contribution >= 4 is 33.1 Å². The minimum Gasteiger partial charge on any atom is -0.382 e. The van der Waals surface area contributed by atoms with E-state index >= 15 is 0 Å². The number of nitrogens with two attached hydrogens (primary N) is 1. The molecule has 1 aromatic heterocycles. The van der Waals surface area contributed by atoms with Crippen LogP contribution in [0.25, 0.3) is 0 Å². The van der Waals surface area contributed by atoms with Gasteiger partial charge in [-0.15, -0.1) is 23.1 Å². The summed E-state index contributed by atoms with van der Waals surface area (Å²) in [6, 6.07) is 1.65. The summed E-state index contributed by atoms with van der Waals surface area (Å²) in [7, 11) is -2.01. The molecule has 6 nitrogen and oxygen atoms in total. The van der Waals surface area contributed by atoms with Crippen molar-refractivity contribution in [3.63, 3.8) is 0 Å². The standard InChI is InChI=1S/C12H21NO5S3/c1-16-6-7-18-9-17-5-3-4-10-8-11(21(13,14)15)20-12(10)19-2/h8H,3-7,9H2,1-2H3,(H2,13,14,15). The molecule has 0 amide bonds. The van der Waals surface area contributed by atoms with Crippen LogP contribution in [0, 0.1) is 0 Å². The van der Waals surface area contributed by atoms with Crippen molar-refractivity contribution in [2.24, 2.45) is 5.14 Å². The molecule has 0 saturated heterocycles. The van der Waals surface area contributed by atoms with Crippen molar-refractivity contribution in [1.82, 2.24) is 0 Å². The Hall–Kier alpha value is -0.160. The lowest BCUT2D eigenvalue weighted by Gasteiger charge is -2.05. The van der Waals surface area contributed by atoms with Gasteiger partial charge in [0.05, 0.1) is 17.4 Å². The number of aryl methyl sites for hydroxylation is 1. The Balaban J connectivity index is 2.33. The van der Waals surface area contributed by atoms with Gasteiger partial charge in [-0.2, -0.15) is 0 Å². The Morgan fingerprint density at radius 1 is 1.29 bits per heavy atom. The smallest absolute Gasteiger partial charge is 0.247 e. The lowest BCUT2D eigenvalue weighted by atomic mass is 10.2. The van der Waals surface area contributed by atoms with Crippen LogP contribution in [-0.2, 0) is 30.7 Å². The van der Waals surface area contributed by atoms with Gasteiger partial charge in [0, 0.05) is 13.7 Å². The fourth-order valence-corrected chi connectivity index (χ4v) is 4.44. The van der Waals surface area contributed by atoms with Crippen LogP contribution in [0.5, 0.6) is 0 Å². The number of sulfonamides is 1. The van der Waals surface area contributed by atoms with Crippen LogP contribution in [0.4, 0.5) is 0 Å². The van der Waals surface area contributed by atoms with Crippen molar-refractivity contribution in [2.45, 2.75) is 21.3 Å². The predicted molar refractivity (Wildman–Crippen MR) is 84.4 cm³/mol. The zero-order valence-electron chi connectivity index (χ0n) is 12.2. The van der Waals surface area contributed by atoms with Crippen molar-refractivity contribution in [2.75, 3.05) is 40.0 Å². The molecule has 0 aromatic carbocycles. The van der Waals surface area contributed by atoms with E-state index in [1.807, 2.05) is 6.26 Å². The monoisotopic (exact) mass is 355 g/mol. The van der Waals surface area contributed by atoms with E-state index in [-0.39, 0.29) is 11.0 Å². The minimum absolute atomic E-state index is 0.214. The highest BCUT2D eigenvalue weighted by Crippen LogP contribution is 2.33. The third-order valence-corrected chi connectivity index (χ3v) is 6.32.